The Kier molecular flexibility index (Phi) is 3.59. The van der Waals surface area contributed by atoms with Crippen LogP contribution in [0, 0.1) is 6.92 Å². The molecule has 2 rings (SSSR count). The van der Waals surface area contributed by atoms with Gasteiger partial charge in [-0.1, -0.05) is 29.8 Å². The lowest BCUT2D eigenvalue weighted by molar-refractivity contribution is 0.549. The summed E-state index contributed by atoms with van der Waals surface area (Å²) in [7, 11) is 2.01. The molecule has 0 aliphatic carbocycles. The van der Waals surface area contributed by atoms with Crippen LogP contribution in [0.5, 0.6) is 0 Å². The van der Waals surface area contributed by atoms with Crippen molar-refractivity contribution in [3.63, 3.8) is 0 Å². The smallest absolute Gasteiger partial charge is 0.122 e. The standard InChI is InChI=1S/C14H19N3/c1-11-4-6-13(7-5-11)12(2)16-10-14-15-8-9-17(14)3/h4-9,12,16H,10H2,1-3H3/t12-/m1/s1. The molecule has 0 bridgehead atoms. The molecule has 0 radical (unpaired) electrons. The maximum atomic E-state index is 4.30. The zero-order valence-electron chi connectivity index (χ0n) is 10.6. The number of aryl methyl sites for hydroxylation is 2. The minimum atomic E-state index is 0.340. The molecule has 1 heterocycles. The van der Waals surface area contributed by atoms with E-state index in [1.54, 1.807) is 0 Å². The van der Waals surface area contributed by atoms with Gasteiger partial charge in [0.05, 0.1) is 6.54 Å². The number of rotatable bonds is 4. The molecule has 0 aliphatic heterocycles. The Balaban J connectivity index is 1.95. The number of imidazole rings is 1. The highest BCUT2D eigenvalue weighted by Gasteiger charge is 2.06. The van der Waals surface area contributed by atoms with Crippen LogP contribution in [-0.2, 0) is 13.6 Å². The van der Waals surface area contributed by atoms with Gasteiger partial charge in [0, 0.05) is 25.5 Å². The van der Waals surface area contributed by atoms with Crippen molar-refractivity contribution < 1.29 is 0 Å². The molecule has 3 nitrogen and oxygen atoms in total. The number of nitrogens with one attached hydrogen (secondary N) is 1. The molecule has 1 N–H and O–H groups in total. The fourth-order valence-electron chi connectivity index (χ4n) is 1.78. The molecule has 0 saturated carbocycles. The summed E-state index contributed by atoms with van der Waals surface area (Å²) in [5, 5.41) is 3.48. The molecular weight excluding hydrogens is 210 g/mol. The average molecular weight is 229 g/mol. The Morgan fingerprint density at radius 2 is 2.00 bits per heavy atom. The van der Waals surface area contributed by atoms with Gasteiger partial charge in [0.1, 0.15) is 5.82 Å². The van der Waals surface area contributed by atoms with Crippen LogP contribution in [0.3, 0.4) is 0 Å². The molecule has 0 aliphatic rings. The van der Waals surface area contributed by atoms with Gasteiger partial charge < -0.3 is 9.88 Å². The molecule has 1 atom stereocenters. The summed E-state index contributed by atoms with van der Waals surface area (Å²) < 4.78 is 2.04. The van der Waals surface area contributed by atoms with Crippen LogP contribution in [0.1, 0.15) is 29.9 Å². The van der Waals surface area contributed by atoms with Crippen molar-refractivity contribution in [1.82, 2.24) is 14.9 Å². The molecule has 3 heteroatoms. The zero-order valence-corrected chi connectivity index (χ0v) is 10.6. The number of hydrogen-bond acceptors (Lipinski definition) is 2. The number of aromatic nitrogens is 2. The first-order chi connectivity index (χ1) is 8.16. The van der Waals surface area contributed by atoms with E-state index in [4.69, 9.17) is 0 Å². The van der Waals surface area contributed by atoms with Gasteiger partial charge in [-0.3, -0.25) is 0 Å². The lowest BCUT2D eigenvalue weighted by Gasteiger charge is -2.14. The first kappa shape index (κ1) is 11.9. The molecular formula is C14H19N3. The van der Waals surface area contributed by atoms with Gasteiger partial charge in [0.25, 0.3) is 0 Å². The van der Waals surface area contributed by atoms with Crippen LogP contribution in [0.25, 0.3) is 0 Å². The Labute approximate surface area is 103 Å². The molecule has 0 amide bonds. The zero-order chi connectivity index (χ0) is 12.3. The van der Waals surface area contributed by atoms with Crippen LogP contribution < -0.4 is 5.32 Å². The quantitative estimate of drug-likeness (QED) is 0.873. The lowest BCUT2D eigenvalue weighted by Crippen LogP contribution is -2.20. The highest BCUT2D eigenvalue weighted by atomic mass is 15.1. The first-order valence-electron chi connectivity index (χ1n) is 5.93. The van der Waals surface area contributed by atoms with E-state index in [2.05, 4.69) is 48.4 Å². The third kappa shape index (κ3) is 2.94. The van der Waals surface area contributed by atoms with E-state index in [0.717, 1.165) is 12.4 Å². The third-order valence-electron chi connectivity index (χ3n) is 3.06. The Morgan fingerprint density at radius 3 is 2.59 bits per heavy atom. The highest BCUT2D eigenvalue weighted by Crippen LogP contribution is 2.13. The monoisotopic (exact) mass is 229 g/mol. The molecule has 90 valence electrons. The van der Waals surface area contributed by atoms with Gasteiger partial charge in [-0.05, 0) is 19.4 Å². The van der Waals surface area contributed by atoms with E-state index in [-0.39, 0.29) is 0 Å². The second kappa shape index (κ2) is 5.15. The SMILES string of the molecule is Cc1ccc([C@@H](C)NCc2nccn2C)cc1. The summed E-state index contributed by atoms with van der Waals surface area (Å²) in [6, 6.07) is 8.98. The molecule has 0 unspecified atom stereocenters. The van der Waals surface area contributed by atoms with Gasteiger partial charge in [-0.2, -0.15) is 0 Å². The molecule has 17 heavy (non-hydrogen) atoms. The maximum Gasteiger partial charge on any atom is 0.122 e. The second-order valence-corrected chi connectivity index (χ2v) is 4.47. The Morgan fingerprint density at radius 1 is 1.29 bits per heavy atom. The molecule has 1 aromatic heterocycles. The maximum absolute atomic E-state index is 4.30. The van der Waals surface area contributed by atoms with Crippen molar-refractivity contribution >= 4 is 0 Å². The fourth-order valence-corrected chi connectivity index (χ4v) is 1.78. The molecule has 0 fully saturated rings. The number of nitrogens with zero attached hydrogens (tertiary/aromatic N) is 2. The Bertz CT molecular complexity index is 470. The van der Waals surface area contributed by atoms with Crippen LogP contribution >= 0.6 is 0 Å². The minimum Gasteiger partial charge on any atom is -0.337 e. The first-order valence-corrected chi connectivity index (χ1v) is 5.93. The predicted molar refractivity (Wildman–Crippen MR) is 69.6 cm³/mol. The number of hydrogen-bond donors (Lipinski definition) is 1. The van der Waals surface area contributed by atoms with Crippen molar-refractivity contribution in [3.05, 3.63) is 53.6 Å². The minimum absolute atomic E-state index is 0.340. The van der Waals surface area contributed by atoms with E-state index < -0.39 is 0 Å². The largest absolute Gasteiger partial charge is 0.337 e. The van der Waals surface area contributed by atoms with Crippen LogP contribution in [0.15, 0.2) is 36.7 Å². The summed E-state index contributed by atoms with van der Waals surface area (Å²) in [6.07, 6.45) is 3.79. The predicted octanol–water partition coefficient (Wildman–Crippen LogP) is 2.58. The fraction of sp³-hybridized carbons (Fsp3) is 0.357. The number of benzene rings is 1. The van der Waals surface area contributed by atoms with Gasteiger partial charge in [-0.25, -0.2) is 4.98 Å². The summed E-state index contributed by atoms with van der Waals surface area (Å²) in [5.74, 6) is 1.06. The van der Waals surface area contributed by atoms with E-state index >= 15 is 0 Å². The third-order valence-corrected chi connectivity index (χ3v) is 3.06. The topological polar surface area (TPSA) is 29.9 Å². The summed E-state index contributed by atoms with van der Waals surface area (Å²) in [4.78, 5) is 4.30. The molecule has 0 spiro atoms. The average Bonchev–Trinajstić information content (AvgIpc) is 2.73. The van der Waals surface area contributed by atoms with Crippen molar-refractivity contribution in [1.29, 1.82) is 0 Å². The van der Waals surface area contributed by atoms with Crippen LogP contribution in [0.2, 0.25) is 0 Å². The molecule has 2 aromatic rings. The summed E-state index contributed by atoms with van der Waals surface area (Å²) >= 11 is 0. The van der Waals surface area contributed by atoms with E-state index in [1.807, 2.05) is 24.0 Å². The molecule has 1 aromatic carbocycles. The molecule has 0 saturated heterocycles. The van der Waals surface area contributed by atoms with Crippen LogP contribution in [-0.4, -0.2) is 9.55 Å². The second-order valence-electron chi connectivity index (χ2n) is 4.47. The highest BCUT2D eigenvalue weighted by molar-refractivity contribution is 5.23. The summed E-state index contributed by atoms with van der Waals surface area (Å²) in [6.45, 7) is 5.07. The van der Waals surface area contributed by atoms with E-state index in [0.29, 0.717) is 6.04 Å². The van der Waals surface area contributed by atoms with Gasteiger partial charge in [0.2, 0.25) is 0 Å². The lowest BCUT2D eigenvalue weighted by atomic mass is 10.1. The normalized spacial score (nSPS) is 12.6. The van der Waals surface area contributed by atoms with Crippen molar-refractivity contribution in [2.75, 3.05) is 0 Å². The van der Waals surface area contributed by atoms with E-state index in [1.165, 1.54) is 11.1 Å². The van der Waals surface area contributed by atoms with Crippen molar-refractivity contribution in [2.24, 2.45) is 7.05 Å². The van der Waals surface area contributed by atoms with Crippen LogP contribution in [0.4, 0.5) is 0 Å². The summed E-state index contributed by atoms with van der Waals surface area (Å²) in [5.41, 5.74) is 2.61. The van der Waals surface area contributed by atoms with Gasteiger partial charge in [0.15, 0.2) is 0 Å². The Hall–Kier alpha value is -1.61. The van der Waals surface area contributed by atoms with Crippen molar-refractivity contribution in [3.8, 4) is 0 Å². The van der Waals surface area contributed by atoms with Crippen molar-refractivity contribution in [2.45, 2.75) is 26.4 Å². The van der Waals surface area contributed by atoms with Gasteiger partial charge >= 0.3 is 0 Å². The van der Waals surface area contributed by atoms with Gasteiger partial charge in [-0.15, -0.1) is 0 Å². The van der Waals surface area contributed by atoms with E-state index in [9.17, 15) is 0 Å².